The third-order valence-electron chi connectivity index (χ3n) is 5.52. The Morgan fingerprint density at radius 2 is 1.61 bits per heavy atom. The molecule has 4 rings (SSSR count). The number of amides is 1. The molecule has 0 radical (unpaired) electrons. The van der Waals surface area contributed by atoms with Crippen LogP contribution in [-0.4, -0.2) is 60.9 Å². The summed E-state index contributed by atoms with van der Waals surface area (Å²) in [5.74, 6) is 0.794. The molecule has 0 N–H and O–H groups in total. The van der Waals surface area contributed by atoms with E-state index in [1.54, 1.807) is 12.1 Å². The van der Waals surface area contributed by atoms with E-state index < -0.39 is 0 Å². The van der Waals surface area contributed by atoms with E-state index in [9.17, 15) is 9.59 Å². The molecule has 0 unspecified atom stereocenters. The summed E-state index contributed by atoms with van der Waals surface area (Å²) in [7, 11) is 3.96. The maximum Gasteiger partial charge on any atom is 0.271 e. The smallest absolute Gasteiger partial charge is 0.271 e. The van der Waals surface area contributed by atoms with Crippen LogP contribution in [0.4, 0.5) is 11.5 Å². The number of hydrogen-bond donors (Lipinski definition) is 0. The van der Waals surface area contributed by atoms with Gasteiger partial charge in [-0.25, -0.2) is 0 Å². The van der Waals surface area contributed by atoms with E-state index in [1.165, 1.54) is 4.68 Å². The first-order valence-electron chi connectivity index (χ1n) is 10.5. The zero-order valence-electron chi connectivity index (χ0n) is 17.9. The molecule has 0 atom stereocenters. The number of para-hydroxylation sites is 1. The van der Waals surface area contributed by atoms with Crippen molar-refractivity contribution >= 4 is 17.4 Å². The highest BCUT2D eigenvalue weighted by Crippen LogP contribution is 2.17. The lowest BCUT2D eigenvalue weighted by Crippen LogP contribution is -2.36. The van der Waals surface area contributed by atoms with Crippen molar-refractivity contribution in [3.8, 4) is 5.69 Å². The van der Waals surface area contributed by atoms with Crippen LogP contribution in [-0.2, 0) is 0 Å². The molecule has 0 bridgehead atoms. The predicted molar refractivity (Wildman–Crippen MR) is 123 cm³/mol. The normalized spacial score (nSPS) is 14.3. The first-order valence-corrected chi connectivity index (χ1v) is 10.5. The summed E-state index contributed by atoms with van der Waals surface area (Å²) in [6, 6.07) is 20.4. The summed E-state index contributed by atoms with van der Waals surface area (Å²) in [6.45, 7) is 2.76. The Bertz CT molecular complexity index is 1090. The van der Waals surface area contributed by atoms with Crippen molar-refractivity contribution in [2.75, 3.05) is 50.1 Å². The standard InChI is InChI=1S/C24H27N5O2/c1-26(2)20-11-9-19(10-12-20)24(31)28-16-6-15-27(17-18-28)22-13-14-23(30)29(25-22)21-7-4-3-5-8-21/h3-5,7-14H,6,15-18H2,1-2H3. The molecule has 1 saturated heterocycles. The Labute approximate surface area is 182 Å². The van der Waals surface area contributed by atoms with Crippen molar-refractivity contribution in [3.05, 3.63) is 82.6 Å². The van der Waals surface area contributed by atoms with Gasteiger partial charge in [-0.2, -0.15) is 4.68 Å². The van der Waals surface area contributed by atoms with Gasteiger partial charge in [0.2, 0.25) is 0 Å². The van der Waals surface area contributed by atoms with Crippen molar-refractivity contribution in [1.82, 2.24) is 14.7 Å². The van der Waals surface area contributed by atoms with Gasteiger partial charge in [0.15, 0.2) is 0 Å². The second kappa shape index (κ2) is 9.04. The second-order valence-corrected chi connectivity index (χ2v) is 7.85. The van der Waals surface area contributed by atoms with Crippen LogP contribution in [0, 0.1) is 0 Å². The van der Waals surface area contributed by atoms with Crippen molar-refractivity contribution in [2.24, 2.45) is 0 Å². The summed E-state index contributed by atoms with van der Waals surface area (Å²) >= 11 is 0. The van der Waals surface area contributed by atoms with E-state index in [2.05, 4.69) is 10.00 Å². The highest BCUT2D eigenvalue weighted by Gasteiger charge is 2.21. The number of aromatic nitrogens is 2. The Hall–Kier alpha value is -3.61. The van der Waals surface area contributed by atoms with Crippen LogP contribution in [0.25, 0.3) is 5.69 Å². The second-order valence-electron chi connectivity index (χ2n) is 7.85. The minimum atomic E-state index is -0.164. The third kappa shape index (κ3) is 4.60. The molecule has 7 heteroatoms. The molecule has 7 nitrogen and oxygen atoms in total. The summed E-state index contributed by atoms with van der Waals surface area (Å²) < 4.78 is 1.43. The lowest BCUT2D eigenvalue weighted by atomic mass is 10.1. The number of carbonyl (C=O) groups is 1. The lowest BCUT2D eigenvalue weighted by Gasteiger charge is -2.23. The predicted octanol–water partition coefficient (Wildman–Crippen LogP) is 2.65. The van der Waals surface area contributed by atoms with Crippen LogP contribution in [0.3, 0.4) is 0 Å². The van der Waals surface area contributed by atoms with E-state index in [0.29, 0.717) is 25.2 Å². The van der Waals surface area contributed by atoms with Crippen LogP contribution in [0.1, 0.15) is 16.8 Å². The summed E-state index contributed by atoms with van der Waals surface area (Å²) in [5.41, 5.74) is 2.35. The molecule has 1 amide bonds. The van der Waals surface area contributed by atoms with Gasteiger partial charge in [-0.05, 0) is 48.9 Å². The van der Waals surface area contributed by atoms with E-state index in [4.69, 9.17) is 0 Å². The Morgan fingerprint density at radius 3 is 2.32 bits per heavy atom. The molecule has 3 aromatic rings. The molecule has 2 heterocycles. The van der Waals surface area contributed by atoms with Gasteiger partial charge in [0.25, 0.3) is 11.5 Å². The molecule has 1 aliphatic heterocycles. The minimum Gasteiger partial charge on any atom is -0.378 e. The van der Waals surface area contributed by atoms with Crippen molar-refractivity contribution in [3.63, 3.8) is 0 Å². The Kier molecular flexibility index (Phi) is 6.02. The molecule has 2 aromatic carbocycles. The van der Waals surface area contributed by atoms with Gasteiger partial charge in [-0.1, -0.05) is 18.2 Å². The summed E-state index contributed by atoms with van der Waals surface area (Å²) in [6.07, 6.45) is 0.841. The average molecular weight is 418 g/mol. The fraction of sp³-hybridized carbons (Fsp3) is 0.292. The van der Waals surface area contributed by atoms with Crippen LogP contribution in [0.2, 0.25) is 0 Å². The fourth-order valence-electron chi connectivity index (χ4n) is 3.76. The van der Waals surface area contributed by atoms with Crippen LogP contribution in [0.5, 0.6) is 0 Å². The quantitative estimate of drug-likeness (QED) is 0.653. The molecule has 0 saturated carbocycles. The number of anilines is 2. The van der Waals surface area contributed by atoms with E-state index in [1.807, 2.05) is 78.5 Å². The van der Waals surface area contributed by atoms with Crippen LogP contribution < -0.4 is 15.4 Å². The first kappa shape index (κ1) is 20.7. The molecule has 1 aliphatic rings. The first-order chi connectivity index (χ1) is 15.0. The minimum absolute atomic E-state index is 0.0503. The molecular weight excluding hydrogens is 390 g/mol. The van der Waals surface area contributed by atoms with Gasteiger partial charge in [-0.3, -0.25) is 9.59 Å². The summed E-state index contributed by atoms with van der Waals surface area (Å²) in [5, 5.41) is 4.58. The number of rotatable bonds is 4. The molecule has 1 fully saturated rings. The molecule has 160 valence electrons. The van der Waals surface area contributed by atoms with E-state index in [0.717, 1.165) is 30.2 Å². The number of hydrogen-bond acceptors (Lipinski definition) is 5. The van der Waals surface area contributed by atoms with Crippen molar-refractivity contribution in [1.29, 1.82) is 0 Å². The van der Waals surface area contributed by atoms with Gasteiger partial charge < -0.3 is 14.7 Å². The largest absolute Gasteiger partial charge is 0.378 e. The van der Waals surface area contributed by atoms with Gasteiger partial charge in [0.1, 0.15) is 5.82 Å². The molecule has 0 spiro atoms. The molecule has 0 aliphatic carbocycles. The van der Waals surface area contributed by atoms with E-state index >= 15 is 0 Å². The Balaban J connectivity index is 1.48. The highest BCUT2D eigenvalue weighted by atomic mass is 16.2. The van der Waals surface area contributed by atoms with Crippen molar-refractivity contribution < 1.29 is 4.79 Å². The van der Waals surface area contributed by atoms with Gasteiger partial charge >= 0.3 is 0 Å². The maximum absolute atomic E-state index is 13.0. The maximum atomic E-state index is 13.0. The fourth-order valence-corrected chi connectivity index (χ4v) is 3.76. The number of benzene rings is 2. The highest BCUT2D eigenvalue weighted by molar-refractivity contribution is 5.94. The van der Waals surface area contributed by atoms with Crippen LogP contribution >= 0.6 is 0 Å². The van der Waals surface area contributed by atoms with Crippen molar-refractivity contribution in [2.45, 2.75) is 6.42 Å². The number of carbonyl (C=O) groups excluding carboxylic acids is 1. The zero-order valence-corrected chi connectivity index (χ0v) is 17.9. The van der Waals surface area contributed by atoms with E-state index in [-0.39, 0.29) is 11.5 Å². The molecular formula is C24H27N5O2. The monoisotopic (exact) mass is 417 g/mol. The lowest BCUT2D eigenvalue weighted by molar-refractivity contribution is 0.0767. The third-order valence-corrected chi connectivity index (χ3v) is 5.52. The van der Waals surface area contributed by atoms with Crippen LogP contribution in [0.15, 0.2) is 71.5 Å². The van der Waals surface area contributed by atoms with Gasteiger partial charge in [0, 0.05) is 57.6 Å². The topological polar surface area (TPSA) is 61.7 Å². The summed E-state index contributed by atoms with van der Waals surface area (Å²) in [4.78, 5) is 31.4. The number of nitrogens with zero attached hydrogens (tertiary/aromatic N) is 5. The molecule has 31 heavy (non-hydrogen) atoms. The zero-order chi connectivity index (χ0) is 21.8. The van der Waals surface area contributed by atoms with Gasteiger partial charge in [0.05, 0.1) is 5.69 Å². The SMILES string of the molecule is CN(C)c1ccc(C(=O)N2CCCN(c3ccc(=O)n(-c4ccccc4)n3)CC2)cc1. The average Bonchev–Trinajstić information content (AvgIpc) is 3.06. The molecule has 1 aromatic heterocycles. The Morgan fingerprint density at radius 1 is 0.871 bits per heavy atom. The van der Waals surface area contributed by atoms with Gasteiger partial charge in [-0.15, -0.1) is 5.10 Å².